The molecule has 14 heavy (non-hydrogen) atoms. The van der Waals surface area contributed by atoms with Crippen molar-refractivity contribution in [1.82, 2.24) is 4.98 Å². The lowest BCUT2D eigenvalue weighted by atomic mass is 10.5. The van der Waals surface area contributed by atoms with Gasteiger partial charge in [0.15, 0.2) is 0 Å². The van der Waals surface area contributed by atoms with Gasteiger partial charge in [0.25, 0.3) is 5.89 Å². The fourth-order valence-electron chi connectivity index (χ4n) is 0.672. The van der Waals surface area contributed by atoms with E-state index in [1.165, 1.54) is 0 Å². The summed E-state index contributed by atoms with van der Waals surface area (Å²) >= 11 is 0. The van der Waals surface area contributed by atoms with Crippen LogP contribution in [-0.4, -0.2) is 24.1 Å². The number of rotatable bonds is 1. The summed E-state index contributed by atoms with van der Waals surface area (Å²) in [6, 6.07) is 0. The van der Waals surface area contributed by atoms with Crippen LogP contribution in [0.2, 0.25) is 19.6 Å². The van der Waals surface area contributed by atoms with Crippen LogP contribution in [0, 0.1) is 11.5 Å². The Kier molecular flexibility index (Phi) is 2.77. The van der Waals surface area contributed by atoms with Crippen molar-refractivity contribution in [1.29, 1.82) is 0 Å². The molecule has 1 aromatic heterocycles. The number of hydrogen-bond donors (Lipinski definition) is 1. The zero-order chi connectivity index (χ0) is 10.8. The summed E-state index contributed by atoms with van der Waals surface area (Å²) in [5.41, 5.74) is 3.03. The van der Waals surface area contributed by atoms with Gasteiger partial charge in [0.2, 0.25) is 5.76 Å². The second kappa shape index (κ2) is 3.68. The number of hydrogen-bond acceptors (Lipinski definition) is 3. The monoisotopic (exact) mass is 209 g/mol. The van der Waals surface area contributed by atoms with Crippen LogP contribution in [0.25, 0.3) is 0 Å². The molecule has 0 fully saturated rings. The van der Waals surface area contributed by atoms with Crippen molar-refractivity contribution < 1.29 is 14.3 Å². The zero-order valence-electron chi connectivity index (χ0n) is 8.29. The highest BCUT2D eigenvalue weighted by Gasteiger charge is 2.10. The summed E-state index contributed by atoms with van der Waals surface area (Å²) in [4.78, 5) is 14.2. The molecule has 0 aromatic carbocycles. The highest BCUT2D eigenvalue weighted by atomic mass is 28.3. The molecule has 0 bridgehead atoms. The summed E-state index contributed by atoms with van der Waals surface area (Å²) in [5, 5.41) is 8.55. The molecule has 0 saturated heterocycles. The van der Waals surface area contributed by atoms with Crippen molar-refractivity contribution in [3.8, 4) is 11.5 Å². The third kappa shape index (κ3) is 3.07. The standard InChI is InChI=1S/C9H11NO3Si/c1-14(2,3)5-4-8-10-6-7(13-8)9(11)12/h6H,1-3H3,(H,11,12). The Morgan fingerprint density at radius 3 is 2.64 bits per heavy atom. The first kappa shape index (κ1) is 10.5. The van der Waals surface area contributed by atoms with Crippen molar-refractivity contribution >= 4 is 14.0 Å². The normalized spacial score (nSPS) is 10.5. The summed E-state index contributed by atoms with van der Waals surface area (Å²) in [6.07, 6.45) is 1.16. The van der Waals surface area contributed by atoms with E-state index < -0.39 is 14.0 Å². The third-order valence-corrected chi connectivity index (χ3v) is 2.14. The maximum absolute atomic E-state index is 10.4. The molecule has 4 nitrogen and oxygen atoms in total. The van der Waals surface area contributed by atoms with Crippen LogP contribution < -0.4 is 0 Å². The van der Waals surface area contributed by atoms with Gasteiger partial charge in [0.1, 0.15) is 8.07 Å². The van der Waals surface area contributed by atoms with Gasteiger partial charge in [-0.25, -0.2) is 9.78 Å². The Balaban J connectivity index is 2.87. The van der Waals surface area contributed by atoms with Crippen molar-refractivity contribution in [3.05, 3.63) is 17.8 Å². The maximum atomic E-state index is 10.4. The first-order valence-electron chi connectivity index (χ1n) is 4.11. The van der Waals surface area contributed by atoms with Gasteiger partial charge in [-0.3, -0.25) is 0 Å². The first-order chi connectivity index (χ1) is 6.38. The van der Waals surface area contributed by atoms with E-state index in [0.717, 1.165) is 6.20 Å². The van der Waals surface area contributed by atoms with Crippen molar-refractivity contribution in [2.45, 2.75) is 19.6 Å². The molecule has 0 aliphatic carbocycles. The molecule has 0 aliphatic rings. The van der Waals surface area contributed by atoms with Gasteiger partial charge in [-0.15, -0.1) is 5.54 Å². The average molecular weight is 209 g/mol. The molecule has 1 N–H and O–H groups in total. The molecule has 0 saturated carbocycles. The van der Waals surface area contributed by atoms with Crippen LogP contribution in [0.1, 0.15) is 16.4 Å². The van der Waals surface area contributed by atoms with E-state index in [0.29, 0.717) is 0 Å². The number of oxazole rings is 1. The lowest BCUT2D eigenvalue weighted by Crippen LogP contribution is -2.16. The highest BCUT2D eigenvalue weighted by molar-refractivity contribution is 6.83. The molecule has 0 atom stereocenters. The number of aromatic carboxylic acids is 1. The first-order valence-corrected chi connectivity index (χ1v) is 7.61. The highest BCUT2D eigenvalue weighted by Crippen LogP contribution is 2.03. The predicted molar refractivity (Wildman–Crippen MR) is 53.7 cm³/mol. The quantitative estimate of drug-likeness (QED) is 0.563. The van der Waals surface area contributed by atoms with Crippen molar-refractivity contribution in [3.63, 3.8) is 0 Å². The van der Waals surface area contributed by atoms with E-state index in [2.05, 4.69) is 36.1 Å². The Bertz CT molecular complexity index is 406. The van der Waals surface area contributed by atoms with E-state index in [4.69, 9.17) is 9.52 Å². The minimum Gasteiger partial charge on any atom is -0.475 e. The van der Waals surface area contributed by atoms with E-state index in [1.54, 1.807) is 0 Å². The van der Waals surface area contributed by atoms with Crippen molar-refractivity contribution in [2.75, 3.05) is 0 Å². The fourth-order valence-corrected chi connectivity index (χ4v) is 1.15. The number of carboxylic acid groups (broad SMARTS) is 1. The molecule has 0 amide bonds. The number of aromatic nitrogens is 1. The molecular formula is C9H11NO3Si. The Hall–Kier alpha value is -1.54. The van der Waals surface area contributed by atoms with Crippen LogP contribution in [0.15, 0.2) is 10.6 Å². The van der Waals surface area contributed by atoms with Crippen molar-refractivity contribution in [2.24, 2.45) is 0 Å². The average Bonchev–Trinajstić information content (AvgIpc) is 2.47. The second-order valence-corrected chi connectivity index (χ2v) is 8.58. The van der Waals surface area contributed by atoms with Gasteiger partial charge in [0, 0.05) is 0 Å². The van der Waals surface area contributed by atoms with E-state index >= 15 is 0 Å². The van der Waals surface area contributed by atoms with Crippen LogP contribution in [0.5, 0.6) is 0 Å². The van der Waals surface area contributed by atoms with Gasteiger partial charge < -0.3 is 9.52 Å². The molecule has 1 heterocycles. The third-order valence-electron chi connectivity index (χ3n) is 1.26. The van der Waals surface area contributed by atoms with Crippen LogP contribution in [0.3, 0.4) is 0 Å². The van der Waals surface area contributed by atoms with Gasteiger partial charge in [-0.05, 0) is 5.92 Å². The maximum Gasteiger partial charge on any atom is 0.373 e. The van der Waals surface area contributed by atoms with Gasteiger partial charge in [-0.1, -0.05) is 19.6 Å². The number of carbonyl (C=O) groups is 1. The topological polar surface area (TPSA) is 63.3 Å². The molecule has 1 rings (SSSR count). The predicted octanol–water partition coefficient (Wildman–Crippen LogP) is 1.60. The zero-order valence-corrected chi connectivity index (χ0v) is 9.29. The van der Waals surface area contributed by atoms with Gasteiger partial charge in [-0.2, -0.15) is 0 Å². The minimum absolute atomic E-state index is 0.171. The fraction of sp³-hybridized carbons (Fsp3) is 0.333. The minimum atomic E-state index is -1.47. The molecule has 1 aromatic rings. The molecule has 0 radical (unpaired) electrons. The van der Waals surface area contributed by atoms with Crippen LogP contribution in [0.4, 0.5) is 0 Å². The smallest absolute Gasteiger partial charge is 0.373 e. The molecule has 0 aliphatic heterocycles. The Morgan fingerprint density at radius 1 is 1.57 bits per heavy atom. The SMILES string of the molecule is C[Si](C)(C)C#Cc1ncc(C(=O)O)o1. The molecule has 0 unspecified atom stereocenters. The Morgan fingerprint density at radius 2 is 2.21 bits per heavy atom. The summed E-state index contributed by atoms with van der Waals surface area (Å²) in [5.74, 6) is 1.60. The Labute approximate surface area is 83.0 Å². The van der Waals surface area contributed by atoms with E-state index in [-0.39, 0.29) is 11.7 Å². The van der Waals surface area contributed by atoms with Gasteiger partial charge >= 0.3 is 5.97 Å². The number of carboxylic acids is 1. The van der Waals surface area contributed by atoms with Crippen LogP contribution >= 0.6 is 0 Å². The summed E-state index contributed by atoms with van der Waals surface area (Å²) < 4.78 is 4.88. The summed E-state index contributed by atoms with van der Waals surface area (Å²) in [7, 11) is -1.47. The molecule has 0 spiro atoms. The largest absolute Gasteiger partial charge is 0.475 e. The van der Waals surface area contributed by atoms with Crippen LogP contribution in [-0.2, 0) is 0 Å². The lowest BCUT2D eigenvalue weighted by Gasteiger charge is -2.01. The molecule has 5 heteroatoms. The van der Waals surface area contributed by atoms with E-state index in [1.807, 2.05) is 0 Å². The second-order valence-electron chi connectivity index (χ2n) is 3.83. The number of nitrogens with zero attached hydrogens (tertiary/aromatic N) is 1. The van der Waals surface area contributed by atoms with E-state index in [9.17, 15) is 4.79 Å². The summed E-state index contributed by atoms with van der Waals surface area (Å²) in [6.45, 7) is 6.25. The lowest BCUT2D eigenvalue weighted by molar-refractivity contribution is 0.0662. The molecule has 74 valence electrons. The van der Waals surface area contributed by atoms with Gasteiger partial charge in [0.05, 0.1) is 6.20 Å². The molecular weight excluding hydrogens is 198 g/mol.